The smallest absolute Gasteiger partial charge is 0.138 e. The third-order valence-corrected chi connectivity index (χ3v) is 8.50. The lowest BCUT2D eigenvalue weighted by Gasteiger charge is -2.25. The highest BCUT2D eigenvalue weighted by Crippen LogP contribution is 2.33. The lowest BCUT2D eigenvalue weighted by atomic mass is 10.1. The monoisotopic (exact) mass is 581 g/mol. The lowest BCUT2D eigenvalue weighted by Crippen LogP contribution is -2.26. The molecule has 0 aliphatic carbocycles. The highest BCUT2D eigenvalue weighted by atomic mass is 15.2. The predicted molar refractivity (Wildman–Crippen MR) is 181 cm³/mol. The highest BCUT2D eigenvalue weighted by molar-refractivity contribution is 6.07. The van der Waals surface area contributed by atoms with E-state index in [1.54, 1.807) is 0 Å². The zero-order chi connectivity index (χ0) is 29.9. The minimum Gasteiger partial charge on any atom is -0.360 e. The summed E-state index contributed by atoms with van der Waals surface area (Å²) in [7, 11) is 0. The average molecular weight is 582 g/mol. The molecule has 7 nitrogen and oxygen atoms in total. The number of para-hydroxylation sites is 2. The Kier molecular flexibility index (Phi) is 5.65. The summed E-state index contributed by atoms with van der Waals surface area (Å²) in [5.74, 6) is 0.828. The van der Waals surface area contributed by atoms with Gasteiger partial charge in [-0.15, -0.1) is 0 Å². The fourth-order valence-corrected chi connectivity index (χ4v) is 6.59. The van der Waals surface area contributed by atoms with E-state index in [0.29, 0.717) is 0 Å². The minimum absolute atomic E-state index is 0.104. The summed E-state index contributed by atoms with van der Waals surface area (Å²) >= 11 is 0. The maximum absolute atomic E-state index is 5.14. The fraction of sp³-hybridized carbons (Fsp3) is 0.0526. The molecule has 0 bridgehead atoms. The average Bonchev–Trinajstić information content (AvgIpc) is 3.61. The number of aryl methyl sites for hydroxylation is 1. The molecule has 45 heavy (non-hydrogen) atoms. The second kappa shape index (κ2) is 9.99. The maximum atomic E-state index is 5.14. The van der Waals surface area contributed by atoms with E-state index >= 15 is 0 Å². The molecule has 0 amide bonds. The molecule has 2 aromatic carbocycles. The second-order valence-corrected chi connectivity index (χ2v) is 11.3. The Morgan fingerprint density at radius 3 is 2.16 bits per heavy atom. The molecule has 8 aromatic rings. The first kappa shape index (κ1) is 25.4. The van der Waals surface area contributed by atoms with Gasteiger partial charge in [-0.05, 0) is 85.3 Å². The zero-order valence-corrected chi connectivity index (χ0v) is 24.5. The van der Waals surface area contributed by atoms with Gasteiger partial charge in [0.05, 0.1) is 55.9 Å². The van der Waals surface area contributed by atoms with Crippen LogP contribution >= 0.6 is 0 Å². The number of allylic oxidation sites excluding steroid dienone is 2. The first-order valence-electron chi connectivity index (χ1n) is 15.0. The summed E-state index contributed by atoms with van der Waals surface area (Å²) < 4.78 is 4.49. The van der Waals surface area contributed by atoms with E-state index in [1.165, 1.54) is 0 Å². The van der Waals surface area contributed by atoms with Crippen molar-refractivity contribution in [2.75, 3.05) is 0 Å². The number of rotatable bonds is 4. The standard InChI is InChI=1S/C38H27N7/c1-24-22-29(27-12-6-18-35(42-27)44-31-14-4-2-10-25(31)37-33(44)16-8-20-39-37)41-30(23-24)28-13-7-19-36(43-28)45-32-15-5-3-11-26(32)38-34(45)17-9-21-40-38/h2-23,35,42H,1H3. The molecule has 0 radical (unpaired) electrons. The van der Waals surface area contributed by atoms with E-state index in [4.69, 9.17) is 15.0 Å². The van der Waals surface area contributed by atoms with Crippen LogP contribution in [0.3, 0.4) is 0 Å². The number of hydrogen-bond donors (Lipinski definition) is 1. The SMILES string of the molecule is Cc1cc(C2=CC=CC(n3c4ccccc4c4ncccc43)N2)nc(-c2cccc(-n3c4ccccc4c4ncccc43)n2)c1. The molecule has 214 valence electrons. The summed E-state index contributed by atoms with van der Waals surface area (Å²) in [5.41, 5.74) is 10.8. The van der Waals surface area contributed by atoms with Gasteiger partial charge in [-0.25, -0.2) is 9.97 Å². The van der Waals surface area contributed by atoms with Crippen LogP contribution in [0, 0.1) is 6.92 Å². The Bertz CT molecular complexity index is 2390. The van der Waals surface area contributed by atoms with E-state index in [1.807, 2.05) is 42.7 Å². The molecule has 0 spiro atoms. The van der Waals surface area contributed by atoms with E-state index in [2.05, 4.69) is 117 Å². The van der Waals surface area contributed by atoms with Gasteiger partial charge in [0, 0.05) is 23.2 Å². The maximum Gasteiger partial charge on any atom is 0.138 e. The quantitative estimate of drug-likeness (QED) is 0.227. The molecule has 6 aromatic heterocycles. The van der Waals surface area contributed by atoms with E-state index in [0.717, 1.165) is 78.0 Å². The Morgan fingerprint density at radius 2 is 1.31 bits per heavy atom. The number of fused-ring (bicyclic) bond motifs is 6. The summed E-state index contributed by atoms with van der Waals surface area (Å²) in [4.78, 5) is 19.7. The summed E-state index contributed by atoms with van der Waals surface area (Å²) in [5, 5.41) is 6.00. The van der Waals surface area contributed by atoms with Crippen molar-refractivity contribution in [2.24, 2.45) is 0 Å². The van der Waals surface area contributed by atoms with Crippen molar-refractivity contribution in [2.45, 2.75) is 13.1 Å². The van der Waals surface area contributed by atoms with Crippen molar-refractivity contribution < 1.29 is 0 Å². The third kappa shape index (κ3) is 4.05. The largest absolute Gasteiger partial charge is 0.360 e. The molecule has 1 N–H and O–H groups in total. The first-order valence-corrected chi connectivity index (χ1v) is 15.0. The van der Waals surface area contributed by atoms with Gasteiger partial charge in [-0.1, -0.05) is 48.5 Å². The van der Waals surface area contributed by atoms with Crippen LogP contribution in [0.1, 0.15) is 17.4 Å². The Labute approximate surface area is 258 Å². The Hall–Kier alpha value is -6.08. The zero-order valence-electron chi connectivity index (χ0n) is 24.5. The molecule has 0 saturated heterocycles. The third-order valence-electron chi connectivity index (χ3n) is 8.50. The summed E-state index contributed by atoms with van der Waals surface area (Å²) in [6, 6.07) is 35.3. The molecule has 0 saturated carbocycles. The Morgan fingerprint density at radius 1 is 0.622 bits per heavy atom. The summed E-state index contributed by atoms with van der Waals surface area (Å²) in [6.45, 7) is 2.10. The molecule has 1 atom stereocenters. The van der Waals surface area contributed by atoms with Gasteiger partial charge in [-0.3, -0.25) is 14.5 Å². The van der Waals surface area contributed by atoms with E-state index in [-0.39, 0.29) is 6.17 Å². The number of aromatic nitrogens is 6. The number of dihydropyridines is 1. The van der Waals surface area contributed by atoms with Crippen molar-refractivity contribution in [1.29, 1.82) is 0 Å². The predicted octanol–water partition coefficient (Wildman–Crippen LogP) is 8.15. The molecule has 1 unspecified atom stereocenters. The van der Waals surface area contributed by atoms with Crippen LogP contribution in [0.15, 0.2) is 134 Å². The van der Waals surface area contributed by atoms with E-state index in [9.17, 15) is 0 Å². The number of hydrogen-bond acceptors (Lipinski definition) is 5. The van der Waals surface area contributed by atoms with Crippen LogP contribution in [-0.4, -0.2) is 29.1 Å². The molecule has 7 heteroatoms. The topological polar surface area (TPSA) is 73.5 Å². The molecule has 1 aliphatic rings. The number of pyridine rings is 4. The van der Waals surface area contributed by atoms with Gasteiger partial charge in [0.15, 0.2) is 0 Å². The van der Waals surface area contributed by atoms with Crippen molar-refractivity contribution >= 4 is 49.6 Å². The van der Waals surface area contributed by atoms with Crippen LogP contribution in [-0.2, 0) is 0 Å². The van der Waals surface area contributed by atoms with Crippen molar-refractivity contribution in [3.8, 4) is 17.2 Å². The minimum atomic E-state index is -0.104. The molecule has 7 heterocycles. The van der Waals surface area contributed by atoms with Gasteiger partial charge in [0.2, 0.25) is 0 Å². The van der Waals surface area contributed by atoms with Crippen LogP contribution in [0.2, 0.25) is 0 Å². The van der Waals surface area contributed by atoms with Crippen molar-refractivity contribution in [1.82, 2.24) is 34.4 Å². The first-order chi connectivity index (χ1) is 22.2. The van der Waals surface area contributed by atoms with E-state index < -0.39 is 0 Å². The van der Waals surface area contributed by atoms with Gasteiger partial charge >= 0.3 is 0 Å². The molecule has 1 aliphatic heterocycles. The molecule has 9 rings (SSSR count). The van der Waals surface area contributed by atoms with Crippen molar-refractivity contribution in [3.63, 3.8) is 0 Å². The van der Waals surface area contributed by atoms with Gasteiger partial charge in [0.1, 0.15) is 12.0 Å². The number of nitrogens with one attached hydrogen (secondary N) is 1. The van der Waals surface area contributed by atoms with Crippen LogP contribution < -0.4 is 5.32 Å². The normalized spacial score (nSPS) is 14.8. The van der Waals surface area contributed by atoms with Gasteiger partial charge in [-0.2, -0.15) is 0 Å². The van der Waals surface area contributed by atoms with Gasteiger partial charge in [0.25, 0.3) is 0 Å². The molecular weight excluding hydrogens is 554 g/mol. The van der Waals surface area contributed by atoms with Gasteiger partial charge < -0.3 is 9.88 Å². The van der Waals surface area contributed by atoms with Crippen molar-refractivity contribution in [3.05, 3.63) is 145 Å². The highest BCUT2D eigenvalue weighted by Gasteiger charge is 2.21. The molecule has 0 fully saturated rings. The molecular formula is C38H27N7. The Balaban J connectivity index is 1.11. The fourth-order valence-electron chi connectivity index (χ4n) is 6.59. The number of benzene rings is 2. The summed E-state index contributed by atoms with van der Waals surface area (Å²) in [6.07, 6.45) is 9.95. The number of nitrogens with zero attached hydrogens (tertiary/aromatic N) is 6. The second-order valence-electron chi connectivity index (χ2n) is 11.3. The van der Waals surface area contributed by atoms with Crippen LogP contribution in [0.25, 0.3) is 66.8 Å². The van der Waals surface area contributed by atoms with Crippen LogP contribution in [0.5, 0.6) is 0 Å². The lowest BCUT2D eigenvalue weighted by molar-refractivity contribution is 0.588. The van der Waals surface area contributed by atoms with Crippen LogP contribution in [0.4, 0.5) is 0 Å².